The van der Waals surface area contributed by atoms with Crippen molar-refractivity contribution in [1.82, 2.24) is 0 Å². The summed E-state index contributed by atoms with van der Waals surface area (Å²) in [5, 5.41) is 6.74. The molecule has 3 nitrogen and oxygen atoms in total. The molecule has 2 aromatic heterocycles. The van der Waals surface area contributed by atoms with Crippen molar-refractivity contribution in [2.45, 2.75) is 0 Å². The molecule has 0 fully saturated rings. The first kappa shape index (κ1) is 31.2. The summed E-state index contributed by atoms with van der Waals surface area (Å²) in [6, 6.07) is 70.9. The molecule has 0 spiro atoms. The fourth-order valence-electron chi connectivity index (χ4n) is 8.11. The Kier molecular flexibility index (Phi) is 7.17. The Morgan fingerprint density at radius 3 is 1.55 bits per heavy atom. The molecule has 0 radical (unpaired) electrons. The molecule has 0 amide bonds. The number of rotatable bonds is 6. The van der Waals surface area contributed by atoms with Crippen LogP contribution in [0.5, 0.6) is 0 Å². The number of fused-ring (bicyclic) bond motifs is 8. The first-order valence-electron chi connectivity index (χ1n) is 18.7. The van der Waals surface area contributed by atoms with E-state index in [-0.39, 0.29) is 0 Å². The van der Waals surface area contributed by atoms with Crippen LogP contribution in [0.1, 0.15) is 0 Å². The standard InChI is InChI=1S/C52H33NO2/c1-2-9-34(10-3-1)35-17-19-36(20-18-35)37-21-27-41(28-22-37)53(48-15-8-14-45-46-31-25-39-11-4-5-12-43(39)51(46)55-52(45)48)42-29-23-38(24-30-42)40-26-32-50-47(33-40)44-13-6-7-16-49(44)54-50/h1-33H. The second-order valence-electron chi connectivity index (χ2n) is 14.1. The summed E-state index contributed by atoms with van der Waals surface area (Å²) in [6.07, 6.45) is 0. The third-order valence-electron chi connectivity index (χ3n) is 10.9. The third-order valence-corrected chi connectivity index (χ3v) is 10.9. The molecule has 0 aliphatic rings. The van der Waals surface area contributed by atoms with Crippen molar-refractivity contribution in [3.63, 3.8) is 0 Å². The molecule has 0 saturated heterocycles. The molecule has 55 heavy (non-hydrogen) atoms. The van der Waals surface area contributed by atoms with Crippen LogP contribution in [-0.2, 0) is 0 Å². The highest BCUT2D eigenvalue weighted by Crippen LogP contribution is 2.44. The van der Waals surface area contributed by atoms with E-state index in [2.05, 4.69) is 193 Å². The molecule has 0 saturated carbocycles. The lowest BCUT2D eigenvalue weighted by atomic mass is 10.00. The normalized spacial score (nSPS) is 11.6. The van der Waals surface area contributed by atoms with Gasteiger partial charge in [-0.2, -0.15) is 0 Å². The SMILES string of the molecule is c1ccc(-c2ccc(-c3ccc(N(c4ccc(-c5ccc6oc7ccccc7c6c5)cc4)c4cccc5c4oc4c6ccccc6ccc54)cc3)cc2)cc1. The number of furan rings is 2. The van der Waals surface area contributed by atoms with Crippen LogP contribution in [0.2, 0.25) is 0 Å². The topological polar surface area (TPSA) is 29.5 Å². The van der Waals surface area contributed by atoms with Gasteiger partial charge in [-0.05, 0) is 93.4 Å². The Bertz CT molecular complexity index is 3170. The second-order valence-corrected chi connectivity index (χ2v) is 14.1. The van der Waals surface area contributed by atoms with Crippen molar-refractivity contribution in [1.29, 1.82) is 0 Å². The van der Waals surface area contributed by atoms with Crippen molar-refractivity contribution >= 4 is 71.7 Å². The number of para-hydroxylation sites is 2. The summed E-state index contributed by atoms with van der Waals surface area (Å²) in [5.41, 5.74) is 13.7. The van der Waals surface area contributed by atoms with Crippen LogP contribution < -0.4 is 4.90 Å². The molecule has 11 aromatic rings. The Morgan fingerprint density at radius 2 is 0.818 bits per heavy atom. The van der Waals surface area contributed by atoms with Crippen LogP contribution in [0.25, 0.3) is 88.0 Å². The van der Waals surface area contributed by atoms with Gasteiger partial charge in [0.05, 0.1) is 5.69 Å². The lowest BCUT2D eigenvalue weighted by Crippen LogP contribution is -2.10. The van der Waals surface area contributed by atoms with E-state index < -0.39 is 0 Å². The van der Waals surface area contributed by atoms with Gasteiger partial charge in [0.25, 0.3) is 0 Å². The van der Waals surface area contributed by atoms with Gasteiger partial charge in [0.2, 0.25) is 0 Å². The second kappa shape index (κ2) is 12.6. The summed E-state index contributed by atoms with van der Waals surface area (Å²) in [7, 11) is 0. The van der Waals surface area contributed by atoms with Crippen LogP contribution in [0.3, 0.4) is 0 Å². The molecule has 0 aliphatic carbocycles. The Hall–Kier alpha value is -7.36. The zero-order valence-electron chi connectivity index (χ0n) is 29.8. The highest BCUT2D eigenvalue weighted by molar-refractivity contribution is 6.17. The van der Waals surface area contributed by atoms with Gasteiger partial charge < -0.3 is 13.7 Å². The molecule has 3 heteroatoms. The molecule has 0 atom stereocenters. The predicted molar refractivity (Wildman–Crippen MR) is 229 cm³/mol. The lowest BCUT2D eigenvalue weighted by molar-refractivity contribution is 0.669. The highest BCUT2D eigenvalue weighted by Gasteiger charge is 2.20. The fraction of sp³-hybridized carbons (Fsp3) is 0. The summed E-state index contributed by atoms with van der Waals surface area (Å²) in [6.45, 7) is 0. The summed E-state index contributed by atoms with van der Waals surface area (Å²) in [4.78, 5) is 2.31. The van der Waals surface area contributed by atoms with E-state index in [0.29, 0.717) is 0 Å². The Morgan fingerprint density at radius 1 is 0.291 bits per heavy atom. The van der Waals surface area contributed by atoms with E-state index in [1.54, 1.807) is 0 Å². The van der Waals surface area contributed by atoms with Crippen LogP contribution in [0.4, 0.5) is 17.1 Å². The highest BCUT2D eigenvalue weighted by atomic mass is 16.3. The van der Waals surface area contributed by atoms with Crippen LogP contribution in [0, 0.1) is 0 Å². The molecule has 0 aliphatic heterocycles. The molecular weight excluding hydrogens is 671 g/mol. The van der Waals surface area contributed by atoms with Crippen molar-refractivity contribution in [3.05, 3.63) is 200 Å². The van der Waals surface area contributed by atoms with E-state index >= 15 is 0 Å². The van der Waals surface area contributed by atoms with Crippen molar-refractivity contribution < 1.29 is 8.83 Å². The lowest BCUT2D eigenvalue weighted by Gasteiger charge is -2.26. The largest absolute Gasteiger partial charge is 0.456 e. The fourth-order valence-corrected chi connectivity index (χ4v) is 8.11. The van der Waals surface area contributed by atoms with E-state index in [9.17, 15) is 0 Å². The van der Waals surface area contributed by atoms with Crippen LogP contribution >= 0.6 is 0 Å². The van der Waals surface area contributed by atoms with Crippen molar-refractivity contribution in [2.24, 2.45) is 0 Å². The van der Waals surface area contributed by atoms with E-state index in [0.717, 1.165) is 88.4 Å². The Labute approximate surface area is 317 Å². The van der Waals surface area contributed by atoms with Crippen molar-refractivity contribution in [3.8, 4) is 33.4 Å². The van der Waals surface area contributed by atoms with Gasteiger partial charge in [0.15, 0.2) is 5.58 Å². The van der Waals surface area contributed by atoms with Gasteiger partial charge in [-0.3, -0.25) is 0 Å². The number of anilines is 3. The number of nitrogens with zero attached hydrogens (tertiary/aromatic N) is 1. The maximum atomic E-state index is 6.87. The van der Waals surface area contributed by atoms with Gasteiger partial charge in [-0.25, -0.2) is 0 Å². The average Bonchev–Trinajstić information content (AvgIpc) is 3.84. The van der Waals surface area contributed by atoms with E-state index in [4.69, 9.17) is 8.83 Å². The number of hydrogen-bond donors (Lipinski definition) is 0. The molecule has 0 bridgehead atoms. The maximum Gasteiger partial charge on any atom is 0.159 e. The summed E-state index contributed by atoms with van der Waals surface area (Å²) in [5.74, 6) is 0. The van der Waals surface area contributed by atoms with Crippen molar-refractivity contribution in [2.75, 3.05) is 4.90 Å². The number of benzene rings is 9. The first-order valence-corrected chi connectivity index (χ1v) is 18.7. The van der Waals surface area contributed by atoms with Gasteiger partial charge >= 0.3 is 0 Å². The van der Waals surface area contributed by atoms with Gasteiger partial charge in [0.1, 0.15) is 16.7 Å². The minimum absolute atomic E-state index is 0.857. The molecule has 0 unspecified atom stereocenters. The zero-order chi connectivity index (χ0) is 36.3. The van der Waals surface area contributed by atoms with E-state index in [1.807, 2.05) is 12.1 Å². The molecule has 11 rings (SSSR count). The molecular formula is C52H33NO2. The number of hydrogen-bond acceptors (Lipinski definition) is 3. The monoisotopic (exact) mass is 703 g/mol. The average molecular weight is 704 g/mol. The van der Waals surface area contributed by atoms with Gasteiger partial charge in [-0.15, -0.1) is 0 Å². The zero-order valence-corrected chi connectivity index (χ0v) is 29.8. The van der Waals surface area contributed by atoms with E-state index in [1.165, 1.54) is 16.7 Å². The maximum absolute atomic E-state index is 6.87. The minimum atomic E-state index is 0.857. The summed E-state index contributed by atoms with van der Waals surface area (Å²) < 4.78 is 13.0. The Balaban J connectivity index is 1.02. The molecule has 2 heterocycles. The van der Waals surface area contributed by atoms with Crippen LogP contribution in [0.15, 0.2) is 209 Å². The first-order chi connectivity index (χ1) is 27.2. The quantitative estimate of drug-likeness (QED) is 0.173. The predicted octanol–water partition coefficient (Wildman–Crippen LogP) is 15.1. The third kappa shape index (κ3) is 5.28. The minimum Gasteiger partial charge on any atom is -0.456 e. The molecule has 258 valence electrons. The van der Waals surface area contributed by atoms with Gasteiger partial charge in [-0.1, -0.05) is 146 Å². The molecule has 9 aromatic carbocycles. The molecule has 0 N–H and O–H groups in total. The summed E-state index contributed by atoms with van der Waals surface area (Å²) >= 11 is 0. The smallest absolute Gasteiger partial charge is 0.159 e. The van der Waals surface area contributed by atoms with Crippen LogP contribution in [-0.4, -0.2) is 0 Å². The van der Waals surface area contributed by atoms with Gasteiger partial charge in [0, 0.05) is 38.3 Å².